The Morgan fingerprint density at radius 3 is 2.53 bits per heavy atom. The first-order valence-electron chi connectivity index (χ1n) is 9.72. The number of primary amides is 1. The molecule has 1 saturated heterocycles. The third kappa shape index (κ3) is 5.42. The van der Waals surface area contributed by atoms with E-state index in [-0.39, 0.29) is 24.1 Å². The summed E-state index contributed by atoms with van der Waals surface area (Å²) in [6.07, 6.45) is -4.32. The van der Waals surface area contributed by atoms with E-state index < -0.39 is 54.1 Å². The fourth-order valence-electron chi connectivity index (χ4n) is 3.82. The average molecular weight is 455 g/mol. The lowest BCUT2D eigenvalue weighted by atomic mass is 10.1. The summed E-state index contributed by atoms with van der Waals surface area (Å²) in [5.74, 6) is -3.54. The number of piperidine rings is 1. The maximum Gasteiger partial charge on any atom is 0.412 e. The standard InChI is InChI=1S/C20H21F4N5O3/c21-11(7-20(22,23)24)8-28-19(32)15-6-10-5-14(10)29(15)16(30)9-27-13-4-2-1-3-12(13)17(25)18(26)31/h1-4,7,10,14-15,25,27H,5-6,8-9H2,(H2,26,31)(H,28,32)/b11-7-,25-17?/t10-,14-,15+/m1/s1. The van der Waals surface area contributed by atoms with Gasteiger partial charge in [-0.05, 0) is 24.8 Å². The second-order valence-electron chi connectivity index (χ2n) is 7.60. The predicted molar refractivity (Wildman–Crippen MR) is 106 cm³/mol. The number of nitrogens with zero attached hydrogens (tertiary/aromatic N) is 1. The molecule has 1 aliphatic carbocycles. The van der Waals surface area contributed by atoms with E-state index in [0.717, 1.165) is 0 Å². The molecule has 0 spiro atoms. The zero-order valence-corrected chi connectivity index (χ0v) is 16.7. The van der Waals surface area contributed by atoms with Crippen LogP contribution in [0.3, 0.4) is 0 Å². The topological polar surface area (TPSA) is 128 Å². The average Bonchev–Trinajstić information content (AvgIpc) is 3.38. The van der Waals surface area contributed by atoms with E-state index in [1.54, 1.807) is 18.2 Å². The molecule has 5 N–H and O–H groups in total. The van der Waals surface area contributed by atoms with Crippen molar-refractivity contribution in [3.63, 3.8) is 0 Å². The molecular formula is C20H21F4N5O3. The highest BCUT2D eigenvalue weighted by Gasteiger charge is 2.55. The van der Waals surface area contributed by atoms with Crippen molar-refractivity contribution in [3.8, 4) is 0 Å². The van der Waals surface area contributed by atoms with Gasteiger partial charge in [-0.25, -0.2) is 4.39 Å². The zero-order valence-electron chi connectivity index (χ0n) is 16.7. The quantitative estimate of drug-likeness (QED) is 0.350. The van der Waals surface area contributed by atoms with E-state index >= 15 is 0 Å². The van der Waals surface area contributed by atoms with Gasteiger partial charge in [0.25, 0.3) is 5.91 Å². The summed E-state index contributed by atoms with van der Waals surface area (Å²) in [5, 5.41) is 12.7. The Balaban J connectivity index is 1.63. The lowest BCUT2D eigenvalue weighted by Gasteiger charge is -2.27. The van der Waals surface area contributed by atoms with Crippen molar-refractivity contribution in [2.45, 2.75) is 31.1 Å². The largest absolute Gasteiger partial charge is 0.412 e. The molecule has 2 fully saturated rings. The molecule has 1 aromatic rings. The van der Waals surface area contributed by atoms with Crippen molar-refractivity contribution in [3.05, 3.63) is 41.7 Å². The lowest BCUT2D eigenvalue weighted by Crippen LogP contribution is -2.49. The second-order valence-corrected chi connectivity index (χ2v) is 7.60. The number of carbonyl (C=O) groups excluding carboxylic acids is 3. The molecule has 2 aliphatic rings. The highest BCUT2D eigenvalue weighted by Crippen LogP contribution is 2.47. The van der Waals surface area contributed by atoms with Crippen molar-refractivity contribution in [2.24, 2.45) is 11.7 Å². The van der Waals surface area contributed by atoms with Gasteiger partial charge in [0.05, 0.1) is 19.2 Å². The van der Waals surface area contributed by atoms with Gasteiger partial charge in [0.2, 0.25) is 11.8 Å². The second kappa shape index (κ2) is 8.97. The van der Waals surface area contributed by atoms with Crippen LogP contribution in [0.25, 0.3) is 0 Å². The number of nitrogens with one attached hydrogen (secondary N) is 3. The number of hydrogen-bond donors (Lipinski definition) is 4. The summed E-state index contributed by atoms with van der Waals surface area (Å²) < 4.78 is 49.9. The van der Waals surface area contributed by atoms with Crippen molar-refractivity contribution >= 4 is 29.1 Å². The Kier molecular flexibility index (Phi) is 6.51. The van der Waals surface area contributed by atoms with Crippen molar-refractivity contribution in [2.75, 3.05) is 18.4 Å². The van der Waals surface area contributed by atoms with Crippen LogP contribution in [-0.2, 0) is 14.4 Å². The van der Waals surface area contributed by atoms with Crippen LogP contribution in [0.15, 0.2) is 36.2 Å². The van der Waals surface area contributed by atoms with Crippen molar-refractivity contribution in [1.82, 2.24) is 10.2 Å². The molecule has 1 aromatic carbocycles. The van der Waals surface area contributed by atoms with Crippen LogP contribution in [0.1, 0.15) is 18.4 Å². The summed E-state index contributed by atoms with van der Waals surface area (Å²) in [6.45, 7) is -1.18. The number of likely N-dealkylation sites (tertiary alicyclic amines) is 1. The van der Waals surface area contributed by atoms with Crippen LogP contribution in [0, 0.1) is 11.3 Å². The number of fused-ring (bicyclic) bond motifs is 1. The molecule has 3 rings (SSSR count). The minimum Gasteiger partial charge on any atom is -0.376 e. The first-order valence-corrected chi connectivity index (χ1v) is 9.72. The van der Waals surface area contributed by atoms with Gasteiger partial charge in [-0.15, -0.1) is 0 Å². The fraction of sp³-hybridized carbons (Fsp3) is 0.400. The minimum absolute atomic E-state index is 0.112. The number of carbonyl (C=O) groups is 3. The van der Waals surface area contributed by atoms with E-state index in [1.165, 1.54) is 11.0 Å². The molecule has 0 aromatic heterocycles. The first-order chi connectivity index (χ1) is 15.0. The number of para-hydroxylation sites is 1. The third-order valence-corrected chi connectivity index (χ3v) is 5.32. The Morgan fingerprint density at radius 1 is 1.19 bits per heavy atom. The number of allylic oxidation sites excluding steroid dienone is 1. The molecule has 32 heavy (non-hydrogen) atoms. The first kappa shape index (κ1) is 23.2. The van der Waals surface area contributed by atoms with E-state index in [1.807, 2.05) is 0 Å². The molecule has 12 heteroatoms. The number of benzene rings is 1. The van der Waals surface area contributed by atoms with Gasteiger partial charge in [0.1, 0.15) is 17.6 Å². The third-order valence-electron chi connectivity index (χ3n) is 5.32. The maximum atomic E-state index is 13.3. The van der Waals surface area contributed by atoms with Gasteiger partial charge in [-0.1, -0.05) is 18.2 Å². The zero-order chi connectivity index (χ0) is 23.6. The normalized spacial score (nSPS) is 22.2. The van der Waals surface area contributed by atoms with Crippen LogP contribution in [-0.4, -0.2) is 59.7 Å². The molecule has 1 aliphatic heterocycles. The smallest absolute Gasteiger partial charge is 0.376 e. The lowest BCUT2D eigenvalue weighted by molar-refractivity contribution is -0.138. The number of hydrogen-bond acceptors (Lipinski definition) is 5. The minimum atomic E-state index is -4.83. The summed E-state index contributed by atoms with van der Waals surface area (Å²) in [4.78, 5) is 37.9. The molecule has 1 heterocycles. The maximum absolute atomic E-state index is 13.3. The van der Waals surface area contributed by atoms with E-state index in [4.69, 9.17) is 11.1 Å². The number of anilines is 1. The Labute approximate surface area is 180 Å². The van der Waals surface area contributed by atoms with Gasteiger partial charge in [-0.3, -0.25) is 19.8 Å². The van der Waals surface area contributed by atoms with Crippen molar-refractivity contribution < 1.29 is 31.9 Å². The molecule has 8 nitrogen and oxygen atoms in total. The van der Waals surface area contributed by atoms with E-state index in [0.29, 0.717) is 18.5 Å². The highest BCUT2D eigenvalue weighted by atomic mass is 19.4. The van der Waals surface area contributed by atoms with Crippen LogP contribution in [0.5, 0.6) is 0 Å². The van der Waals surface area contributed by atoms with Crippen LogP contribution in [0.4, 0.5) is 23.2 Å². The SMILES string of the molecule is N=C(C(N)=O)c1ccccc1NCC(=O)N1[C@@H]2C[C@@H]2C[C@H]1C(=O)NC/C(F)=C/C(F)(F)F. The van der Waals surface area contributed by atoms with E-state index in [9.17, 15) is 31.9 Å². The van der Waals surface area contributed by atoms with E-state index in [2.05, 4.69) is 10.6 Å². The van der Waals surface area contributed by atoms with Crippen molar-refractivity contribution in [1.29, 1.82) is 5.41 Å². The number of halogens is 4. The summed E-state index contributed by atoms with van der Waals surface area (Å²) in [7, 11) is 0. The Morgan fingerprint density at radius 2 is 1.88 bits per heavy atom. The molecule has 3 atom stereocenters. The van der Waals surface area contributed by atoms with Crippen LogP contribution in [0.2, 0.25) is 0 Å². The molecule has 1 saturated carbocycles. The monoisotopic (exact) mass is 455 g/mol. The number of amides is 3. The molecule has 0 radical (unpaired) electrons. The number of rotatable bonds is 8. The van der Waals surface area contributed by atoms with Gasteiger partial charge < -0.3 is 21.3 Å². The number of alkyl halides is 3. The molecule has 0 unspecified atom stereocenters. The summed E-state index contributed by atoms with van der Waals surface area (Å²) in [5.41, 5.74) is 5.25. The summed E-state index contributed by atoms with van der Waals surface area (Å²) in [6, 6.07) is 5.22. The van der Waals surface area contributed by atoms with Crippen LogP contribution < -0.4 is 16.4 Å². The van der Waals surface area contributed by atoms with Crippen LogP contribution >= 0.6 is 0 Å². The Bertz CT molecular complexity index is 978. The predicted octanol–water partition coefficient (Wildman–Crippen LogP) is 1.47. The van der Waals surface area contributed by atoms with Gasteiger partial charge >= 0.3 is 6.18 Å². The fourth-order valence-corrected chi connectivity index (χ4v) is 3.82. The number of nitrogens with two attached hydrogens (primary N) is 1. The molecule has 172 valence electrons. The molecule has 3 amide bonds. The molecular weight excluding hydrogens is 434 g/mol. The highest BCUT2D eigenvalue weighted by molar-refractivity contribution is 6.44. The summed E-state index contributed by atoms with van der Waals surface area (Å²) >= 11 is 0. The molecule has 0 bridgehead atoms. The van der Waals surface area contributed by atoms with Gasteiger partial charge in [0, 0.05) is 17.3 Å². The van der Waals surface area contributed by atoms with Gasteiger partial charge in [-0.2, -0.15) is 13.2 Å². The Hall–Kier alpha value is -3.44. The van der Waals surface area contributed by atoms with Gasteiger partial charge in [0.15, 0.2) is 0 Å².